The van der Waals surface area contributed by atoms with E-state index < -0.39 is 0 Å². The quantitative estimate of drug-likeness (QED) is 0.597. The van der Waals surface area contributed by atoms with Gasteiger partial charge in [0.2, 0.25) is 11.8 Å². The van der Waals surface area contributed by atoms with Crippen LogP contribution >= 0.6 is 0 Å². The van der Waals surface area contributed by atoms with Crippen LogP contribution in [0.3, 0.4) is 0 Å². The van der Waals surface area contributed by atoms with Crippen molar-refractivity contribution in [3.8, 4) is 5.69 Å². The van der Waals surface area contributed by atoms with Crippen LogP contribution in [0.25, 0.3) is 16.7 Å². The Balaban J connectivity index is 1.25. The summed E-state index contributed by atoms with van der Waals surface area (Å²) in [5, 5.41) is 0. The minimum absolute atomic E-state index is 0.0380. The van der Waals surface area contributed by atoms with Crippen molar-refractivity contribution in [2.24, 2.45) is 5.92 Å². The van der Waals surface area contributed by atoms with E-state index >= 15 is 0 Å². The third kappa shape index (κ3) is 4.55. The van der Waals surface area contributed by atoms with E-state index in [1.54, 1.807) is 24.0 Å². The Labute approximate surface area is 198 Å². The van der Waals surface area contributed by atoms with E-state index in [4.69, 9.17) is 4.98 Å². The largest absolute Gasteiger partial charge is 0.339 e. The standard InChI is InChI=1S/C26H30FN5O2/c1-19(33)30-14-16-31(17-15-30)26(34)20-10-12-29(13-11-20)18-25-28-23-4-2-3-5-24(23)32(25)22-8-6-21(27)7-9-22/h2-9,20H,10-18H2,1H3. The summed E-state index contributed by atoms with van der Waals surface area (Å²) < 4.78 is 15.6. The molecule has 0 aliphatic carbocycles. The van der Waals surface area contributed by atoms with Gasteiger partial charge in [-0.1, -0.05) is 12.1 Å². The molecule has 2 aliphatic rings. The fourth-order valence-electron chi connectivity index (χ4n) is 5.10. The molecule has 0 N–H and O–H groups in total. The summed E-state index contributed by atoms with van der Waals surface area (Å²) in [4.78, 5) is 35.5. The molecular weight excluding hydrogens is 433 g/mol. The maximum atomic E-state index is 13.5. The molecule has 8 heteroatoms. The Morgan fingerprint density at radius 3 is 2.24 bits per heavy atom. The van der Waals surface area contributed by atoms with Crippen molar-refractivity contribution in [2.45, 2.75) is 26.3 Å². The summed E-state index contributed by atoms with van der Waals surface area (Å²) in [6.45, 7) is 6.41. The zero-order valence-corrected chi connectivity index (χ0v) is 19.5. The predicted molar refractivity (Wildman–Crippen MR) is 128 cm³/mol. The Morgan fingerprint density at radius 1 is 0.912 bits per heavy atom. The van der Waals surface area contributed by atoms with Gasteiger partial charge in [0.25, 0.3) is 0 Å². The molecule has 3 aromatic rings. The molecule has 2 aliphatic heterocycles. The SMILES string of the molecule is CC(=O)N1CCN(C(=O)C2CCN(Cc3nc4ccccc4n3-c3ccc(F)cc3)CC2)CC1. The Kier molecular flexibility index (Phi) is 6.32. The summed E-state index contributed by atoms with van der Waals surface area (Å²) in [7, 11) is 0. The van der Waals surface area contributed by atoms with E-state index in [-0.39, 0.29) is 23.5 Å². The monoisotopic (exact) mass is 463 g/mol. The molecule has 1 aromatic heterocycles. The molecule has 5 rings (SSSR count). The number of fused-ring (bicyclic) bond motifs is 1. The lowest BCUT2D eigenvalue weighted by Gasteiger charge is -2.38. The Bertz CT molecular complexity index is 1180. The van der Waals surface area contributed by atoms with Gasteiger partial charge in [-0.25, -0.2) is 9.37 Å². The van der Waals surface area contributed by atoms with Crippen LogP contribution in [0.5, 0.6) is 0 Å². The van der Waals surface area contributed by atoms with Crippen molar-refractivity contribution in [1.82, 2.24) is 24.3 Å². The first-order valence-corrected chi connectivity index (χ1v) is 12.0. The van der Waals surface area contributed by atoms with Gasteiger partial charge in [-0.2, -0.15) is 0 Å². The first kappa shape index (κ1) is 22.5. The van der Waals surface area contributed by atoms with Gasteiger partial charge in [0.1, 0.15) is 11.6 Å². The zero-order chi connectivity index (χ0) is 23.7. The summed E-state index contributed by atoms with van der Waals surface area (Å²) in [5.41, 5.74) is 2.80. The van der Waals surface area contributed by atoms with Gasteiger partial charge < -0.3 is 9.80 Å². The summed E-state index contributed by atoms with van der Waals surface area (Å²) in [5.74, 6) is 0.992. The third-order valence-electron chi connectivity index (χ3n) is 7.05. The van der Waals surface area contributed by atoms with Gasteiger partial charge >= 0.3 is 0 Å². The first-order chi connectivity index (χ1) is 16.5. The van der Waals surface area contributed by atoms with Crippen LogP contribution in [-0.2, 0) is 16.1 Å². The fraction of sp³-hybridized carbons (Fsp3) is 0.423. The van der Waals surface area contributed by atoms with Crippen molar-refractivity contribution in [2.75, 3.05) is 39.3 Å². The number of piperazine rings is 1. The van der Waals surface area contributed by atoms with Crippen LogP contribution in [0.2, 0.25) is 0 Å². The molecule has 0 bridgehead atoms. The van der Waals surface area contributed by atoms with Gasteiger partial charge in [0, 0.05) is 44.7 Å². The molecule has 0 atom stereocenters. The number of carbonyl (C=O) groups excluding carboxylic acids is 2. The number of benzene rings is 2. The number of hydrogen-bond acceptors (Lipinski definition) is 4. The second-order valence-corrected chi connectivity index (χ2v) is 9.21. The fourth-order valence-corrected chi connectivity index (χ4v) is 5.10. The molecule has 3 heterocycles. The number of hydrogen-bond donors (Lipinski definition) is 0. The lowest BCUT2D eigenvalue weighted by atomic mass is 9.95. The second kappa shape index (κ2) is 9.54. The number of para-hydroxylation sites is 2. The number of imidazole rings is 1. The van der Waals surface area contributed by atoms with Crippen LogP contribution in [0.1, 0.15) is 25.6 Å². The normalized spacial score (nSPS) is 17.9. The molecule has 0 unspecified atom stereocenters. The molecular formula is C26H30FN5O2. The highest BCUT2D eigenvalue weighted by Gasteiger charge is 2.31. The highest BCUT2D eigenvalue weighted by Crippen LogP contribution is 2.26. The average molecular weight is 464 g/mol. The molecule has 0 spiro atoms. The molecule has 34 heavy (non-hydrogen) atoms. The predicted octanol–water partition coefficient (Wildman–Crippen LogP) is 3.07. The molecule has 0 saturated carbocycles. The lowest BCUT2D eigenvalue weighted by Crippen LogP contribution is -2.52. The molecule has 2 saturated heterocycles. The molecule has 7 nitrogen and oxygen atoms in total. The maximum absolute atomic E-state index is 13.5. The van der Waals surface area contributed by atoms with Crippen LogP contribution in [0, 0.1) is 11.7 Å². The minimum Gasteiger partial charge on any atom is -0.339 e. The number of rotatable bonds is 4. The van der Waals surface area contributed by atoms with E-state index in [0.717, 1.165) is 48.5 Å². The number of nitrogens with zero attached hydrogens (tertiary/aromatic N) is 5. The van der Waals surface area contributed by atoms with Gasteiger partial charge in [0.05, 0.1) is 17.6 Å². The molecule has 2 amide bonds. The first-order valence-electron chi connectivity index (χ1n) is 12.0. The van der Waals surface area contributed by atoms with E-state index in [9.17, 15) is 14.0 Å². The highest BCUT2D eigenvalue weighted by molar-refractivity contribution is 5.80. The van der Waals surface area contributed by atoms with Crippen molar-refractivity contribution >= 4 is 22.8 Å². The zero-order valence-electron chi connectivity index (χ0n) is 19.5. The molecule has 2 aromatic carbocycles. The minimum atomic E-state index is -0.260. The number of likely N-dealkylation sites (tertiary alicyclic amines) is 1. The topological polar surface area (TPSA) is 61.7 Å². The van der Waals surface area contributed by atoms with E-state index in [0.29, 0.717) is 32.7 Å². The summed E-state index contributed by atoms with van der Waals surface area (Å²) >= 11 is 0. The maximum Gasteiger partial charge on any atom is 0.225 e. The van der Waals surface area contributed by atoms with Gasteiger partial charge in [-0.3, -0.25) is 19.1 Å². The summed E-state index contributed by atoms with van der Waals surface area (Å²) in [6.07, 6.45) is 1.64. The average Bonchev–Trinajstić information content (AvgIpc) is 3.22. The molecule has 178 valence electrons. The van der Waals surface area contributed by atoms with E-state index in [2.05, 4.69) is 9.47 Å². The third-order valence-corrected chi connectivity index (χ3v) is 7.05. The van der Waals surface area contributed by atoms with Gasteiger partial charge in [0.15, 0.2) is 0 Å². The lowest BCUT2D eigenvalue weighted by molar-refractivity contribution is -0.142. The van der Waals surface area contributed by atoms with Crippen LogP contribution in [-0.4, -0.2) is 75.3 Å². The van der Waals surface area contributed by atoms with Crippen molar-refractivity contribution in [3.05, 3.63) is 60.2 Å². The van der Waals surface area contributed by atoms with E-state index in [1.165, 1.54) is 12.1 Å². The van der Waals surface area contributed by atoms with Crippen molar-refractivity contribution in [1.29, 1.82) is 0 Å². The number of piperidine rings is 1. The van der Waals surface area contributed by atoms with Gasteiger partial charge in [-0.05, 0) is 62.3 Å². The Hall–Kier alpha value is -3.26. The van der Waals surface area contributed by atoms with E-state index in [1.807, 2.05) is 29.2 Å². The van der Waals surface area contributed by atoms with Crippen molar-refractivity contribution in [3.63, 3.8) is 0 Å². The smallest absolute Gasteiger partial charge is 0.225 e. The number of halogens is 1. The van der Waals surface area contributed by atoms with Gasteiger partial charge in [-0.15, -0.1) is 0 Å². The number of carbonyl (C=O) groups is 2. The van der Waals surface area contributed by atoms with Crippen molar-refractivity contribution < 1.29 is 14.0 Å². The Morgan fingerprint density at radius 2 is 1.56 bits per heavy atom. The summed E-state index contributed by atoms with van der Waals surface area (Å²) in [6, 6.07) is 14.5. The second-order valence-electron chi connectivity index (χ2n) is 9.21. The van der Waals surface area contributed by atoms with Crippen LogP contribution in [0.15, 0.2) is 48.5 Å². The molecule has 0 radical (unpaired) electrons. The van der Waals surface area contributed by atoms with Crippen LogP contribution < -0.4 is 0 Å². The molecule has 2 fully saturated rings. The number of amides is 2. The van der Waals surface area contributed by atoms with Crippen LogP contribution in [0.4, 0.5) is 4.39 Å². The number of aromatic nitrogens is 2. The highest BCUT2D eigenvalue weighted by atomic mass is 19.1.